The maximum absolute atomic E-state index is 10.7. The normalized spacial score (nSPS) is 10.4. The number of ether oxygens (including phenoxy) is 1. The average molecular weight is 492 g/mol. The standard InChI is InChI=1S/C20H16Br2N2O3/c21-18-10-15(12-23-16-6-8-17(9-7-16)24(25)26)11-19(22)20(18)27-13-14-4-2-1-3-5-14/h1-11,23H,12-13H2. The van der Waals surface area contributed by atoms with Crippen LogP contribution in [-0.4, -0.2) is 4.92 Å². The summed E-state index contributed by atoms with van der Waals surface area (Å²) in [5.74, 6) is 0.748. The monoisotopic (exact) mass is 490 g/mol. The van der Waals surface area contributed by atoms with E-state index in [1.54, 1.807) is 12.1 Å². The quantitative estimate of drug-likeness (QED) is 0.310. The van der Waals surface area contributed by atoms with E-state index in [-0.39, 0.29) is 5.69 Å². The first-order valence-corrected chi connectivity index (χ1v) is 9.74. The van der Waals surface area contributed by atoms with Crippen LogP contribution in [0.5, 0.6) is 5.75 Å². The number of rotatable bonds is 7. The largest absolute Gasteiger partial charge is 0.487 e. The van der Waals surface area contributed by atoms with E-state index in [0.717, 1.165) is 31.5 Å². The number of nitro groups is 1. The molecule has 0 aliphatic carbocycles. The summed E-state index contributed by atoms with van der Waals surface area (Å²) in [6.07, 6.45) is 0. The molecule has 5 nitrogen and oxygen atoms in total. The van der Waals surface area contributed by atoms with Crippen molar-refractivity contribution in [2.45, 2.75) is 13.2 Å². The summed E-state index contributed by atoms with van der Waals surface area (Å²) >= 11 is 7.13. The van der Waals surface area contributed by atoms with Crippen molar-refractivity contribution in [2.75, 3.05) is 5.32 Å². The van der Waals surface area contributed by atoms with Crippen LogP contribution in [0.3, 0.4) is 0 Å². The van der Waals surface area contributed by atoms with Gasteiger partial charge in [0.1, 0.15) is 12.4 Å². The molecule has 0 saturated heterocycles. The number of hydrogen-bond acceptors (Lipinski definition) is 4. The molecule has 3 aromatic carbocycles. The molecule has 3 rings (SSSR count). The Bertz CT molecular complexity index is 909. The van der Waals surface area contributed by atoms with Crippen molar-refractivity contribution in [1.29, 1.82) is 0 Å². The SMILES string of the molecule is O=[N+]([O-])c1ccc(NCc2cc(Br)c(OCc3ccccc3)c(Br)c2)cc1. The second kappa shape index (κ2) is 9.01. The van der Waals surface area contributed by atoms with E-state index in [1.807, 2.05) is 42.5 Å². The third-order valence-electron chi connectivity index (χ3n) is 3.86. The first-order chi connectivity index (χ1) is 13.0. The lowest BCUT2D eigenvalue weighted by molar-refractivity contribution is -0.384. The Hall–Kier alpha value is -2.38. The highest BCUT2D eigenvalue weighted by molar-refractivity contribution is 9.11. The summed E-state index contributed by atoms with van der Waals surface area (Å²) in [5.41, 5.74) is 3.03. The Labute approximate surface area is 173 Å². The van der Waals surface area contributed by atoms with E-state index in [0.29, 0.717) is 13.2 Å². The molecule has 0 aliphatic rings. The molecule has 0 spiro atoms. The van der Waals surface area contributed by atoms with Gasteiger partial charge < -0.3 is 10.1 Å². The zero-order valence-corrected chi connectivity index (χ0v) is 17.4. The molecule has 0 unspecified atom stereocenters. The minimum absolute atomic E-state index is 0.0750. The molecule has 0 bridgehead atoms. The third kappa shape index (κ3) is 5.30. The zero-order chi connectivity index (χ0) is 19.2. The van der Waals surface area contributed by atoms with E-state index in [2.05, 4.69) is 37.2 Å². The fraction of sp³-hybridized carbons (Fsp3) is 0.100. The van der Waals surface area contributed by atoms with Crippen molar-refractivity contribution in [2.24, 2.45) is 0 Å². The van der Waals surface area contributed by atoms with Crippen LogP contribution in [0.4, 0.5) is 11.4 Å². The Morgan fingerprint density at radius 2 is 1.56 bits per heavy atom. The second-order valence-electron chi connectivity index (χ2n) is 5.82. The van der Waals surface area contributed by atoms with Crippen molar-refractivity contribution in [3.63, 3.8) is 0 Å². The van der Waals surface area contributed by atoms with E-state index < -0.39 is 4.92 Å². The van der Waals surface area contributed by atoms with Crippen LogP contribution >= 0.6 is 31.9 Å². The molecule has 0 heterocycles. The fourth-order valence-corrected chi connectivity index (χ4v) is 4.00. The minimum Gasteiger partial charge on any atom is -0.487 e. The van der Waals surface area contributed by atoms with Crippen molar-refractivity contribution >= 4 is 43.2 Å². The van der Waals surface area contributed by atoms with E-state index in [9.17, 15) is 10.1 Å². The van der Waals surface area contributed by atoms with Crippen LogP contribution in [-0.2, 0) is 13.2 Å². The van der Waals surface area contributed by atoms with Crippen LogP contribution in [0, 0.1) is 10.1 Å². The molecule has 3 aromatic rings. The summed E-state index contributed by atoms with van der Waals surface area (Å²) in [6.45, 7) is 1.06. The first kappa shape index (κ1) is 19.4. The lowest BCUT2D eigenvalue weighted by Crippen LogP contribution is -2.01. The van der Waals surface area contributed by atoms with Gasteiger partial charge in [-0.3, -0.25) is 10.1 Å². The van der Waals surface area contributed by atoms with Gasteiger partial charge >= 0.3 is 0 Å². The molecule has 0 aromatic heterocycles. The van der Waals surface area contributed by atoms with Crippen molar-refractivity contribution in [3.8, 4) is 5.75 Å². The van der Waals surface area contributed by atoms with Crippen molar-refractivity contribution < 1.29 is 9.66 Å². The molecule has 7 heteroatoms. The van der Waals surface area contributed by atoms with Crippen molar-refractivity contribution in [3.05, 3.63) is 96.9 Å². The van der Waals surface area contributed by atoms with E-state index >= 15 is 0 Å². The zero-order valence-electron chi connectivity index (χ0n) is 14.2. The summed E-state index contributed by atoms with van der Waals surface area (Å²) < 4.78 is 7.64. The van der Waals surface area contributed by atoms with Gasteiger partial charge in [-0.05, 0) is 67.3 Å². The Balaban J connectivity index is 1.64. The Kier molecular flexibility index (Phi) is 6.47. The molecule has 0 fully saturated rings. The van der Waals surface area contributed by atoms with Crippen LogP contribution in [0.2, 0.25) is 0 Å². The molecule has 138 valence electrons. The molecule has 27 heavy (non-hydrogen) atoms. The predicted molar refractivity (Wildman–Crippen MR) is 113 cm³/mol. The maximum Gasteiger partial charge on any atom is 0.269 e. The predicted octanol–water partition coefficient (Wildman–Crippen LogP) is 6.31. The molecule has 0 saturated carbocycles. The highest BCUT2D eigenvalue weighted by atomic mass is 79.9. The third-order valence-corrected chi connectivity index (χ3v) is 5.04. The van der Waals surface area contributed by atoms with Crippen LogP contribution < -0.4 is 10.1 Å². The number of nitrogens with one attached hydrogen (secondary N) is 1. The van der Waals surface area contributed by atoms with Gasteiger partial charge in [0.2, 0.25) is 0 Å². The number of nitrogens with zero attached hydrogens (tertiary/aromatic N) is 1. The first-order valence-electron chi connectivity index (χ1n) is 8.16. The van der Waals surface area contributed by atoms with Gasteiger partial charge in [-0.15, -0.1) is 0 Å². The number of anilines is 1. The van der Waals surface area contributed by atoms with E-state index in [4.69, 9.17) is 4.74 Å². The minimum atomic E-state index is -0.411. The average Bonchev–Trinajstić information content (AvgIpc) is 2.67. The smallest absolute Gasteiger partial charge is 0.269 e. The molecule has 0 aliphatic heterocycles. The highest BCUT2D eigenvalue weighted by Crippen LogP contribution is 2.35. The summed E-state index contributed by atoms with van der Waals surface area (Å²) in [4.78, 5) is 10.3. The number of benzene rings is 3. The molecular formula is C20H16Br2N2O3. The van der Waals surface area contributed by atoms with Crippen LogP contribution in [0.1, 0.15) is 11.1 Å². The lowest BCUT2D eigenvalue weighted by atomic mass is 10.2. The summed E-state index contributed by atoms with van der Waals surface area (Å²) in [5, 5.41) is 14.0. The van der Waals surface area contributed by atoms with Gasteiger partial charge in [0.05, 0.1) is 13.9 Å². The summed E-state index contributed by atoms with van der Waals surface area (Å²) in [7, 11) is 0. The van der Waals surface area contributed by atoms with Crippen LogP contribution in [0.25, 0.3) is 0 Å². The number of halogens is 2. The topological polar surface area (TPSA) is 64.4 Å². The molecule has 0 atom stereocenters. The molecule has 0 radical (unpaired) electrons. The number of hydrogen-bond donors (Lipinski definition) is 1. The lowest BCUT2D eigenvalue weighted by Gasteiger charge is -2.13. The molecular weight excluding hydrogens is 476 g/mol. The second-order valence-corrected chi connectivity index (χ2v) is 7.53. The van der Waals surface area contributed by atoms with Gasteiger partial charge in [-0.2, -0.15) is 0 Å². The maximum atomic E-state index is 10.7. The summed E-state index contributed by atoms with van der Waals surface area (Å²) in [6, 6.07) is 20.3. The van der Waals surface area contributed by atoms with E-state index in [1.165, 1.54) is 12.1 Å². The Morgan fingerprint density at radius 3 is 2.15 bits per heavy atom. The van der Waals surface area contributed by atoms with Gasteiger partial charge in [-0.1, -0.05) is 30.3 Å². The Morgan fingerprint density at radius 1 is 0.926 bits per heavy atom. The molecule has 0 amide bonds. The van der Waals surface area contributed by atoms with Crippen LogP contribution in [0.15, 0.2) is 75.7 Å². The number of nitro benzene ring substituents is 1. The fourth-order valence-electron chi connectivity index (χ4n) is 2.49. The number of non-ortho nitro benzene ring substituents is 1. The highest BCUT2D eigenvalue weighted by Gasteiger charge is 2.10. The van der Waals surface area contributed by atoms with Gasteiger partial charge in [0.15, 0.2) is 0 Å². The van der Waals surface area contributed by atoms with Gasteiger partial charge in [-0.25, -0.2) is 0 Å². The molecule has 1 N–H and O–H groups in total. The van der Waals surface area contributed by atoms with Gasteiger partial charge in [0, 0.05) is 24.4 Å². The van der Waals surface area contributed by atoms with Crippen molar-refractivity contribution in [1.82, 2.24) is 0 Å². The van der Waals surface area contributed by atoms with Gasteiger partial charge in [0.25, 0.3) is 5.69 Å².